The van der Waals surface area contributed by atoms with E-state index in [0.29, 0.717) is 12.5 Å². The highest BCUT2D eigenvalue weighted by atomic mass is 16.1. The highest BCUT2D eigenvalue weighted by Crippen LogP contribution is 2.07. The lowest BCUT2D eigenvalue weighted by Gasteiger charge is -2.12. The van der Waals surface area contributed by atoms with Crippen LogP contribution >= 0.6 is 0 Å². The molecule has 2 aromatic rings. The largest absolute Gasteiger partial charge is 0.347 e. The Morgan fingerprint density at radius 1 is 1.30 bits per heavy atom. The molecule has 2 heterocycles. The first kappa shape index (κ1) is 13.9. The molecule has 0 radical (unpaired) electrons. The van der Waals surface area contributed by atoms with E-state index in [1.165, 1.54) is 18.6 Å². The van der Waals surface area contributed by atoms with Gasteiger partial charge in [-0.3, -0.25) is 9.78 Å². The van der Waals surface area contributed by atoms with Gasteiger partial charge in [0.2, 0.25) is 5.95 Å². The summed E-state index contributed by atoms with van der Waals surface area (Å²) in [5, 5.41) is 2.76. The molecular weight excluding hydrogens is 256 g/mol. The summed E-state index contributed by atoms with van der Waals surface area (Å²) in [6.07, 6.45) is 4.42. The summed E-state index contributed by atoms with van der Waals surface area (Å²) in [5.74, 6) is 0.342. The first-order chi connectivity index (χ1) is 9.56. The lowest BCUT2D eigenvalue weighted by Crippen LogP contribution is -2.25. The molecule has 2 rings (SSSR count). The summed E-state index contributed by atoms with van der Waals surface area (Å²) >= 11 is 0. The third kappa shape index (κ3) is 3.47. The summed E-state index contributed by atoms with van der Waals surface area (Å²) in [5.41, 5.74) is 1.89. The number of carbonyl (C=O) groups is 1. The van der Waals surface area contributed by atoms with E-state index in [4.69, 9.17) is 0 Å². The zero-order chi connectivity index (χ0) is 14.5. The van der Waals surface area contributed by atoms with E-state index in [9.17, 15) is 4.79 Å². The standard InChI is InChI=1S/C13H16N6O/c1-9-6-10(18-13(17-9)19(2)3)7-16-12(20)11-8-14-4-5-15-11/h4-6,8H,7H2,1-3H3,(H,16,20). The normalized spacial score (nSPS) is 10.2. The fourth-order valence-corrected chi connectivity index (χ4v) is 1.59. The Balaban J connectivity index is 2.06. The predicted octanol–water partition coefficient (Wildman–Crippen LogP) is 0.571. The van der Waals surface area contributed by atoms with Crippen LogP contribution in [0.3, 0.4) is 0 Å². The second-order valence-electron chi connectivity index (χ2n) is 4.47. The van der Waals surface area contributed by atoms with Gasteiger partial charge in [0.1, 0.15) is 5.69 Å². The Hall–Kier alpha value is -2.57. The molecule has 0 aliphatic heterocycles. The molecule has 0 fully saturated rings. The number of aromatic nitrogens is 4. The van der Waals surface area contributed by atoms with Gasteiger partial charge in [-0.05, 0) is 13.0 Å². The fraction of sp³-hybridized carbons (Fsp3) is 0.308. The van der Waals surface area contributed by atoms with Crippen LogP contribution in [0.5, 0.6) is 0 Å². The maximum Gasteiger partial charge on any atom is 0.271 e. The van der Waals surface area contributed by atoms with Crippen LogP contribution < -0.4 is 10.2 Å². The topological polar surface area (TPSA) is 83.9 Å². The summed E-state index contributed by atoms with van der Waals surface area (Å²) in [4.78, 5) is 30.1. The van der Waals surface area contributed by atoms with Gasteiger partial charge in [-0.25, -0.2) is 15.0 Å². The number of amides is 1. The van der Waals surface area contributed by atoms with E-state index >= 15 is 0 Å². The van der Waals surface area contributed by atoms with Gasteiger partial charge < -0.3 is 10.2 Å². The third-order valence-corrected chi connectivity index (χ3v) is 2.52. The second-order valence-corrected chi connectivity index (χ2v) is 4.47. The highest BCUT2D eigenvalue weighted by molar-refractivity contribution is 5.91. The minimum atomic E-state index is -0.277. The number of nitrogens with one attached hydrogen (secondary N) is 1. The smallest absolute Gasteiger partial charge is 0.271 e. The van der Waals surface area contributed by atoms with Crippen LogP contribution in [0.2, 0.25) is 0 Å². The molecule has 7 heteroatoms. The first-order valence-corrected chi connectivity index (χ1v) is 6.12. The van der Waals surface area contributed by atoms with Gasteiger partial charge in [0.25, 0.3) is 5.91 Å². The number of carbonyl (C=O) groups excluding carboxylic acids is 1. The van der Waals surface area contributed by atoms with Crippen LogP contribution in [0.1, 0.15) is 21.9 Å². The van der Waals surface area contributed by atoms with Crippen molar-refractivity contribution in [2.24, 2.45) is 0 Å². The Morgan fingerprint density at radius 2 is 2.10 bits per heavy atom. The maximum absolute atomic E-state index is 11.9. The SMILES string of the molecule is Cc1cc(CNC(=O)c2cnccn2)nc(N(C)C)n1. The zero-order valence-corrected chi connectivity index (χ0v) is 11.7. The van der Waals surface area contributed by atoms with Gasteiger partial charge in [0.05, 0.1) is 18.4 Å². The Labute approximate surface area is 117 Å². The monoisotopic (exact) mass is 272 g/mol. The van der Waals surface area contributed by atoms with Crippen LogP contribution in [-0.4, -0.2) is 39.9 Å². The zero-order valence-electron chi connectivity index (χ0n) is 11.7. The Morgan fingerprint density at radius 3 is 2.75 bits per heavy atom. The summed E-state index contributed by atoms with van der Waals surface area (Å²) in [6.45, 7) is 2.21. The number of hydrogen-bond donors (Lipinski definition) is 1. The van der Waals surface area contributed by atoms with E-state index < -0.39 is 0 Å². The molecule has 0 spiro atoms. The number of nitrogens with zero attached hydrogens (tertiary/aromatic N) is 5. The van der Waals surface area contributed by atoms with Crippen molar-refractivity contribution in [2.75, 3.05) is 19.0 Å². The molecule has 0 saturated heterocycles. The average Bonchev–Trinajstić information content (AvgIpc) is 2.45. The van der Waals surface area contributed by atoms with Gasteiger partial charge >= 0.3 is 0 Å². The van der Waals surface area contributed by atoms with E-state index in [1.54, 1.807) is 0 Å². The lowest BCUT2D eigenvalue weighted by atomic mass is 10.3. The van der Waals surface area contributed by atoms with E-state index in [2.05, 4.69) is 25.3 Å². The molecule has 0 atom stereocenters. The van der Waals surface area contributed by atoms with Gasteiger partial charge in [-0.2, -0.15) is 0 Å². The van der Waals surface area contributed by atoms with Crippen LogP contribution in [0.25, 0.3) is 0 Å². The van der Waals surface area contributed by atoms with Crippen molar-refractivity contribution in [2.45, 2.75) is 13.5 Å². The molecule has 1 N–H and O–H groups in total. The maximum atomic E-state index is 11.9. The molecule has 1 amide bonds. The van der Waals surface area contributed by atoms with Crippen LogP contribution in [0.4, 0.5) is 5.95 Å². The van der Waals surface area contributed by atoms with Crippen molar-refractivity contribution in [1.29, 1.82) is 0 Å². The molecule has 0 aliphatic rings. The molecule has 0 unspecified atom stereocenters. The Bertz CT molecular complexity index is 599. The lowest BCUT2D eigenvalue weighted by molar-refractivity contribution is 0.0945. The van der Waals surface area contributed by atoms with Crippen molar-refractivity contribution in [1.82, 2.24) is 25.3 Å². The quantitative estimate of drug-likeness (QED) is 0.876. The number of aryl methyl sites for hydroxylation is 1. The Kier molecular flexibility index (Phi) is 4.19. The molecule has 104 valence electrons. The van der Waals surface area contributed by atoms with E-state index in [-0.39, 0.29) is 11.6 Å². The molecule has 7 nitrogen and oxygen atoms in total. The minimum Gasteiger partial charge on any atom is -0.347 e. The molecule has 0 bridgehead atoms. The average molecular weight is 272 g/mol. The fourth-order valence-electron chi connectivity index (χ4n) is 1.59. The molecule has 0 aliphatic carbocycles. The summed E-state index contributed by atoms with van der Waals surface area (Å²) in [6, 6.07) is 1.84. The van der Waals surface area contributed by atoms with E-state index in [0.717, 1.165) is 11.4 Å². The van der Waals surface area contributed by atoms with Gasteiger partial charge in [0, 0.05) is 32.2 Å². The van der Waals surface area contributed by atoms with Gasteiger partial charge in [-0.1, -0.05) is 0 Å². The number of hydrogen-bond acceptors (Lipinski definition) is 6. The summed E-state index contributed by atoms with van der Waals surface area (Å²) in [7, 11) is 3.74. The van der Waals surface area contributed by atoms with Crippen molar-refractivity contribution >= 4 is 11.9 Å². The van der Waals surface area contributed by atoms with Crippen molar-refractivity contribution in [3.8, 4) is 0 Å². The minimum absolute atomic E-state index is 0.277. The number of rotatable bonds is 4. The first-order valence-electron chi connectivity index (χ1n) is 6.12. The molecular formula is C13H16N6O. The second kappa shape index (κ2) is 6.05. The highest BCUT2D eigenvalue weighted by Gasteiger charge is 2.08. The molecule has 2 aromatic heterocycles. The van der Waals surface area contributed by atoms with Crippen molar-refractivity contribution < 1.29 is 4.79 Å². The van der Waals surface area contributed by atoms with Gasteiger partial charge in [0.15, 0.2) is 0 Å². The van der Waals surface area contributed by atoms with Crippen LogP contribution in [0.15, 0.2) is 24.7 Å². The van der Waals surface area contributed by atoms with Crippen molar-refractivity contribution in [3.05, 3.63) is 41.7 Å². The number of anilines is 1. The van der Waals surface area contributed by atoms with Crippen LogP contribution in [-0.2, 0) is 6.54 Å². The molecule has 0 saturated carbocycles. The molecule has 0 aromatic carbocycles. The molecule has 20 heavy (non-hydrogen) atoms. The van der Waals surface area contributed by atoms with Crippen molar-refractivity contribution in [3.63, 3.8) is 0 Å². The summed E-state index contributed by atoms with van der Waals surface area (Å²) < 4.78 is 0. The predicted molar refractivity (Wildman–Crippen MR) is 74.3 cm³/mol. The third-order valence-electron chi connectivity index (χ3n) is 2.52. The van der Waals surface area contributed by atoms with E-state index in [1.807, 2.05) is 32.0 Å². The van der Waals surface area contributed by atoms with Gasteiger partial charge in [-0.15, -0.1) is 0 Å². The van der Waals surface area contributed by atoms with Crippen LogP contribution in [0, 0.1) is 6.92 Å².